The number of aromatic nitrogens is 5. The number of nitrogens with zero attached hydrogens (tertiary/aromatic N) is 5. The topological polar surface area (TPSA) is 71.2 Å². The van der Waals surface area contributed by atoms with Gasteiger partial charge in [-0.3, -0.25) is 4.99 Å². The molecule has 0 amide bonds. The number of H-pyrrole nitrogens is 1. The number of aliphatic imine (C=N–C) groups is 1. The second kappa shape index (κ2) is 6.51. The Morgan fingerprint density at radius 3 is 3.08 bits per heavy atom. The molecule has 0 aliphatic rings. The third-order valence-corrected chi connectivity index (χ3v) is 4.22. The summed E-state index contributed by atoms with van der Waals surface area (Å²) in [6.07, 6.45) is 12.2. The quantitative estimate of drug-likeness (QED) is 0.562. The first-order chi connectivity index (χ1) is 12.7. The van der Waals surface area contributed by atoms with E-state index in [2.05, 4.69) is 24.9 Å². The Bertz CT molecular complexity index is 1160. The molecule has 0 radical (unpaired) electrons. The van der Waals surface area contributed by atoms with Crippen LogP contribution in [-0.4, -0.2) is 37.1 Å². The van der Waals surface area contributed by atoms with Crippen molar-refractivity contribution in [3.63, 3.8) is 0 Å². The van der Waals surface area contributed by atoms with Crippen molar-refractivity contribution in [1.82, 2.24) is 24.3 Å². The van der Waals surface area contributed by atoms with Crippen LogP contribution in [0, 0.1) is 5.82 Å². The number of pyridine rings is 1. The van der Waals surface area contributed by atoms with Gasteiger partial charge >= 0.3 is 0 Å². The van der Waals surface area contributed by atoms with Crippen LogP contribution in [0.5, 0.6) is 0 Å². The van der Waals surface area contributed by atoms with Crippen LogP contribution in [0.2, 0.25) is 0 Å². The summed E-state index contributed by atoms with van der Waals surface area (Å²) >= 11 is 0. The van der Waals surface area contributed by atoms with Crippen LogP contribution in [0.15, 0.2) is 48.2 Å². The van der Waals surface area contributed by atoms with Crippen molar-refractivity contribution in [3.8, 4) is 11.1 Å². The van der Waals surface area contributed by atoms with E-state index >= 15 is 0 Å². The molecular weight excluding hydrogens is 331 g/mol. The zero-order chi connectivity index (χ0) is 18.1. The molecule has 4 rings (SSSR count). The molecule has 0 saturated heterocycles. The molecule has 6 nitrogen and oxygen atoms in total. The van der Waals surface area contributed by atoms with Gasteiger partial charge in [0.1, 0.15) is 12.0 Å². The Kier molecular flexibility index (Phi) is 4.04. The molecule has 4 aromatic rings. The van der Waals surface area contributed by atoms with Gasteiger partial charge in [0, 0.05) is 55.7 Å². The number of hydrogen-bond acceptors (Lipinski definition) is 4. The smallest absolute Gasteiger partial charge is 0.173 e. The molecule has 0 spiro atoms. The van der Waals surface area contributed by atoms with Gasteiger partial charge in [0.15, 0.2) is 11.5 Å². The molecule has 0 aliphatic carbocycles. The first-order valence-electron chi connectivity index (χ1n) is 8.34. The summed E-state index contributed by atoms with van der Waals surface area (Å²) in [5.74, 6) is -0.376. The molecule has 0 bridgehead atoms. The predicted octanol–water partition coefficient (Wildman–Crippen LogP) is 4.15. The van der Waals surface area contributed by atoms with Crippen molar-refractivity contribution in [3.05, 3.63) is 54.8 Å². The molecule has 7 heteroatoms. The van der Waals surface area contributed by atoms with Crippen LogP contribution >= 0.6 is 0 Å². The number of aromatic amines is 1. The van der Waals surface area contributed by atoms with Crippen LogP contribution in [0.4, 0.5) is 4.39 Å². The lowest BCUT2D eigenvalue weighted by molar-refractivity contribution is 0.630. The number of imidazole rings is 1. The van der Waals surface area contributed by atoms with E-state index < -0.39 is 0 Å². The summed E-state index contributed by atoms with van der Waals surface area (Å²) in [6.45, 7) is 4.60. The molecular formula is C19H19FN6. The number of hydrogen-bond donors (Lipinski definition) is 1. The number of fused-ring (bicyclic) bond motifs is 2. The summed E-state index contributed by atoms with van der Waals surface area (Å²) in [7, 11) is 0. The molecule has 0 aromatic carbocycles. The van der Waals surface area contributed by atoms with E-state index in [1.54, 1.807) is 23.0 Å². The first kappa shape index (κ1) is 16.1. The zero-order valence-corrected chi connectivity index (χ0v) is 14.4. The fourth-order valence-electron chi connectivity index (χ4n) is 3.01. The molecule has 0 atom stereocenters. The third-order valence-electron chi connectivity index (χ3n) is 4.22. The Hall–Kier alpha value is -3.35. The molecule has 0 saturated carbocycles. The Balaban J connectivity index is 0.00000210. The van der Waals surface area contributed by atoms with Crippen molar-refractivity contribution >= 4 is 28.5 Å². The fraction of sp³-hybridized carbons (Fsp3) is 0.158. The van der Waals surface area contributed by atoms with E-state index in [9.17, 15) is 4.39 Å². The van der Waals surface area contributed by atoms with E-state index in [0.29, 0.717) is 17.8 Å². The first-order valence-corrected chi connectivity index (χ1v) is 8.34. The summed E-state index contributed by atoms with van der Waals surface area (Å²) in [4.78, 5) is 20.3. The lowest BCUT2D eigenvalue weighted by Crippen LogP contribution is -1.96. The summed E-state index contributed by atoms with van der Waals surface area (Å²) in [6, 6.07) is 1.48. The number of allylic oxidation sites excluding steroid dienone is 2. The molecule has 0 unspecified atom stereocenters. The monoisotopic (exact) mass is 350 g/mol. The van der Waals surface area contributed by atoms with Gasteiger partial charge in [-0.2, -0.15) is 0 Å². The highest BCUT2D eigenvalue weighted by Gasteiger charge is 2.16. The number of rotatable bonds is 4. The Morgan fingerprint density at radius 1 is 1.38 bits per heavy atom. The second-order valence-electron chi connectivity index (χ2n) is 5.75. The second-order valence-corrected chi connectivity index (χ2v) is 5.75. The minimum absolute atomic E-state index is 0. The largest absolute Gasteiger partial charge is 0.345 e. The number of halogens is 1. The maximum absolute atomic E-state index is 14.4. The van der Waals surface area contributed by atoms with Crippen LogP contribution < -0.4 is 0 Å². The van der Waals surface area contributed by atoms with Crippen molar-refractivity contribution in [1.29, 1.82) is 0 Å². The SMILES string of the molecule is C/C=C(\C=NCC)c1ncnc2[nH]cc(-c3cc(F)c4nccn4c3)c12.[HH]. The molecule has 4 heterocycles. The van der Waals surface area contributed by atoms with Gasteiger partial charge in [0.25, 0.3) is 0 Å². The molecule has 4 aromatic heterocycles. The van der Waals surface area contributed by atoms with E-state index in [-0.39, 0.29) is 7.24 Å². The van der Waals surface area contributed by atoms with E-state index in [4.69, 9.17) is 0 Å². The van der Waals surface area contributed by atoms with E-state index in [1.807, 2.05) is 32.3 Å². The van der Waals surface area contributed by atoms with Crippen LogP contribution in [-0.2, 0) is 0 Å². The Morgan fingerprint density at radius 2 is 2.27 bits per heavy atom. The van der Waals surface area contributed by atoms with Crippen molar-refractivity contribution in [2.45, 2.75) is 13.8 Å². The minimum atomic E-state index is -0.376. The van der Waals surface area contributed by atoms with Crippen LogP contribution in [0.3, 0.4) is 0 Å². The highest BCUT2D eigenvalue weighted by Crippen LogP contribution is 2.32. The van der Waals surface area contributed by atoms with Gasteiger partial charge in [-0.15, -0.1) is 0 Å². The summed E-state index contributed by atoms with van der Waals surface area (Å²) < 4.78 is 16.1. The van der Waals surface area contributed by atoms with Crippen LogP contribution in [0.25, 0.3) is 33.4 Å². The summed E-state index contributed by atoms with van der Waals surface area (Å²) in [5.41, 5.74) is 4.20. The Labute approximate surface area is 150 Å². The molecule has 0 aliphatic heterocycles. The maximum atomic E-state index is 14.4. The molecule has 26 heavy (non-hydrogen) atoms. The van der Waals surface area contributed by atoms with E-state index in [1.165, 1.54) is 12.4 Å². The maximum Gasteiger partial charge on any atom is 0.173 e. The lowest BCUT2D eigenvalue weighted by atomic mass is 10.0. The lowest BCUT2D eigenvalue weighted by Gasteiger charge is -2.07. The van der Waals surface area contributed by atoms with Gasteiger partial charge in [-0.1, -0.05) is 6.08 Å². The zero-order valence-electron chi connectivity index (χ0n) is 14.4. The average Bonchev–Trinajstić information content (AvgIpc) is 3.29. The molecule has 0 fully saturated rings. The van der Waals surface area contributed by atoms with Crippen molar-refractivity contribution in [2.24, 2.45) is 4.99 Å². The average molecular weight is 350 g/mol. The predicted molar refractivity (Wildman–Crippen MR) is 103 cm³/mol. The van der Waals surface area contributed by atoms with Gasteiger partial charge < -0.3 is 9.38 Å². The normalized spacial score (nSPS) is 12.7. The summed E-state index contributed by atoms with van der Waals surface area (Å²) in [5, 5.41) is 0.835. The number of nitrogens with one attached hydrogen (secondary N) is 1. The van der Waals surface area contributed by atoms with E-state index in [0.717, 1.165) is 27.8 Å². The van der Waals surface area contributed by atoms with Gasteiger partial charge in [0.2, 0.25) is 0 Å². The van der Waals surface area contributed by atoms with Gasteiger partial charge in [-0.05, 0) is 19.9 Å². The third kappa shape index (κ3) is 2.57. The standard InChI is InChI=1S/C19H17FN6.H2/c1-3-12(8-21-4-2)17-16-14(9-23-18(16)25-11-24-17)13-7-15(20)19-22-5-6-26(19)10-13;/h3,5-11H,4H2,1-2H3,(H,23,24,25);1H/b12-3+,21-8?;. The van der Waals surface area contributed by atoms with Crippen molar-refractivity contribution in [2.75, 3.05) is 6.54 Å². The minimum Gasteiger partial charge on any atom is -0.345 e. The van der Waals surface area contributed by atoms with Gasteiger partial charge in [0.05, 0.1) is 11.1 Å². The molecule has 1 N–H and O–H groups in total. The highest BCUT2D eigenvalue weighted by molar-refractivity contribution is 6.15. The van der Waals surface area contributed by atoms with Gasteiger partial charge in [-0.25, -0.2) is 19.3 Å². The fourth-order valence-corrected chi connectivity index (χ4v) is 3.01. The van der Waals surface area contributed by atoms with Crippen molar-refractivity contribution < 1.29 is 5.82 Å². The van der Waals surface area contributed by atoms with Crippen LogP contribution in [0.1, 0.15) is 21.0 Å². The highest BCUT2D eigenvalue weighted by atomic mass is 19.1. The molecule has 132 valence electrons.